The summed E-state index contributed by atoms with van der Waals surface area (Å²) in [4.78, 5) is 37.8. The van der Waals surface area contributed by atoms with E-state index in [1.807, 2.05) is 61.5 Å². The molecule has 6 heteroatoms. The fourth-order valence-corrected chi connectivity index (χ4v) is 3.75. The van der Waals surface area contributed by atoms with Crippen molar-refractivity contribution in [3.8, 4) is 11.8 Å². The number of urea groups is 1. The minimum absolute atomic E-state index is 0.0328. The molecule has 2 heterocycles. The molecule has 0 aliphatic carbocycles. The summed E-state index contributed by atoms with van der Waals surface area (Å²) in [6.07, 6.45) is 0.656. The van der Waals surface area contributed by atoms with E-state index in [0.29, 0.717) is 13.0 Å². The van der Waals surface area contributed by atoms with Crippen molar-refractivity contribution >= 4 is 17.8 Å². The average molecular weight is 387 g/mol. The first-order valence-electron chi connectivity index (χ1n) is 9.54. The van der Waals surface area contributed by atoms with Crippen LogP contribution in [0.4, 0.5) is 4.79 Å². The zero-order valence-electron chi connectivity index (χ0n) is 16.1. The van der Waals surface area contributed by atoms with Crippen LogP contribution >= 0.6 is 0 Å². The number of nitrogens with one attached hydrogen (secondary N) is 2. The summed E-state index contributed by atoms with van der Waals surface area (Å²) < 4.78 is 0. The van der Waals surface area contributed by atoms with Crippen molar-refractivity contribution in [1.82, 2.24) is 15.5 Å². The van der Waals surface area contributed by atoms with Gasteiger partial charge in [0.15, 0.2) is 0 Å². The number of hydrogen-bond acceptors (Lipinski definition) is 3. The molecule has 2 atom stereocenters. The summed E-state index contributed by atoms with van der Waals surface area (Å²) in [6, 6.07) is 16.3. The Labute approximate surface area is 169 Å². The molecular weight excluding hydrogens is 366 g/mol. The number of imide groups is 1. The molecule has 0 bridgehead atoms. The highest BCUT2D eigenvalue weighted by molar-refractivity contribution is 6.04. The summed E-state index contributed by atoms with van der Waals surface area (Å²) in [5, 5.41) is 4.74. The van der Waals surface area contributed by atoms with Gasteiger partial charge in [-0.15, -0.1) is 0 Å². The number of carbonyl (C=O) groups excluding carboxylic acids is 3. The third-order valence-corrected chi connectivity index (χ3v) is 5.55. The molecule has 2 aromatic carbocycles. The number of carbonyl (C=O) groups is 3. The van der Waals surface area contributed by atoms with Crippen molar-refractivity contribution in [3.63, 3.8) is 0 Å². The van der Waals surface area contributed by atoms with Crippen LogP contribution in [-0.2, 0) is 15.0 Å². The predicted octanol–water partition coefficient (Wildman–Crippen LogP) is 1.78. The van der Waals surface area contributed by atoms with Gasteiger partial charge in [0, 0.05) is 24.2 Å². The monoisotopic (exact) mass is 387 g/mol. The topological polar surface area (TPSA) is 78.5 Å². The molecule has 2 aliphatic rings. The van der Waals surface area contributed by atoms with E-state index >= 15 is 0 Å². The summed E-state index contributed by atoms with van der Waals surface area (Å²) in [5.74, 6) is 5.84. The molecule has 2 unspecified atom stereocenters. The second-order valence-corrected chi connectivity index (χ2v) is 7.54. The third-order valence-electron chi connectivity index (χ3n) is 5.55. The van der Waals surface area contributed by atoms with Crippen LogP contribution in [0.3, 0.4) is 0 Å². The number of rotatable bonds is 3. The minimum Gasteiger partial charge on any atom is -0.339 e. The molecule has 2 aromatic rings. The smallest absolute Gasteiger partial charge is 0.322 e. The highest BCUT2D eigenvalue weighted by Gasteiger charge is 2.45. The highest BCUT2D eigenvalue weighted by Crippen LogP contribution is 2.35. The Morgan fingerprint density at radius 1 is 1.00 bits per heavy atom. The summed E-state index contributed by atoms with van der Waals surface area (Å²) in [6.45, 7) is 2.66. The summed E-state index contributed by atoms with van der Waals surface area (Å²) in [5.41, 5.74) is 2.11. The first kappa shape index (κ1) is 18.8. The van der Waals surface area contributed by atoms with E-state index in [4.69, 9.17) is 0 Å². The quantitative estimate of drug-likeness (QED) is 0.623. The van der Waals surface area contributed by atoms with Gasteiger partial charge in [-0.1, -0.05) is 42.2 Å². The number of benzene rings is 2. The van der Waals surface area contributed by atoms with E-state index < -0.39 is 23.4 Å². The normalized spacial score (nSPS) is 23.4. The molecule has 0 spiro atoms. The molecule has 0 saturated carbocycles. The van der Waals surface area contributed by atoms with Crippen LogP contribution in [0.1, 0.15) is 30.0 Å². The zero-order valence-corrected chi connectivity index (χ0v) is 16.1. The van der Waals surface area contributed by atoms with E-state index in [0.717, 1.165) is 16.7 Å². The van der Waals surface area contributed by atoms with Crippen molar-refractivity contribution in [3.05, 3.63) is 71.3 Å². The lowest BCUT2D eigenvalue weighted by Crippen LogP contribution is -2.45. The standard InChI is InChI=1S/C23H21N3O3/c1-23(13-14-26(21(23)28)15-19-20(27)25-22(29)24-19)18-11-9-17(10-12-18)8-7-16-5-3-2-4-6-16/h2-6,9-12,19H,13-15H2,1H3,(H2,24,25,27,29). The van der Waals surface area contributed by atoms with Crippen LogP contribution in [0.15, 0.2) is 54.6 Å². The van der Waals surface area contributed by atoms with Gasteiger partial charge in [-0.3, -0.25) is 14.9 Å². The molecule has 2 aliphatic heterocycles. The minimum atomic E-state index is -0.690. The third kappa shape index (κ3) is 3.72. The number of amides is 4. The van der Waals surface area contributed by atoms with Gasteiger partial charge in [-0.25, -0.2) is 4.79 Å². The lowest BCUT2D eigenvalue weighted by molar-refractivity contribution is -0.132. The number of likely N-dealkylation sites (tertiary alicyclic amines) is 1. The van der Waals surface area contributed by atoms with E-state index in [1.165, 1.54) is 0 Å². The van der Waals surface area contributed by atoms with Crippen LogP contribution < -0.4 is 10.6 Å². The van der Waals surface area contributed by atoms with E-state index in [1.54, 1.807) is 4.90 Å². The average Bonchev–Trinajstić information content (AvgIpc) is 3.21. The van der Waals surface area contributed by atoms with Gasteiger partial charge in [0.2, 0.25) is 5.91 Å². The van der Waals surface area contributed by atoms with Crippen molar-refractivity contribution in [2.45, 2.75) is 24.8 Å². The Kier molecular flexibility index (Phi) is 4.81. The molecule has 2 saturated heterocycles. The largest absolute Gasteiger partial charge is 0.339 e. The van der Waals surface area contributed by atoms with E-state index in [2.05, 4.69) is 22.5 Å². The van der Waals surface area contributed by atoms with Crippen molar-refractivity contribution < 1.29 is 14.4 Å². The Bertz CT molecular complexity index is 1020. The van der Waals surface area contributed by atoms with Gasteiger partial charge in [-0.2, -0.15) is 0 Å². The van der Waals surface area contributed by atoms with E-state index in [9.17, 15) is 14.4 Å². The van der Waals surface area contributed by atoms with Crippen molar-refractivity contribution in [1.29, 1.82) is 0 Å². The van der Waals surface area contributed by atoms with Crippen molar-refractivity contribution in [2.75, 3.05) is 13.1 Å². The Hall–Kier alpha value is -3.59. The molecule has 2 fully saturated rings. The SMILES string of the molecule is CC1(c2ccc(C#Cc3ccccc3)cc2)CCN(CC2NC(=O)NC2=O)C1=O. The maximum atomic E-state index is 13.1. The second-order valence-electron chi connectivity index (χ2n) is 7.54. The first-order chi connectivity index (χ1) is 14.0. The molecule has 2 N–H and O–H groups in total. The van der Waals surface area contributed by atoms with Crippen LogP contribution in [0.2, 0.25) is 0 Å². The van der Waals surface area contributed by atoms with Gasteiger partial charge in [0.1, 0.15) is 6.04 Å². The van der Waals surface area contributed by atoms with Gasteiger partial charge in [0.25, 0.3) is 5.91 Å². The Morgan fingerprint density at radius 3 is 2.28 bits per heavy atom. The molecular formula is C23H21N3O3. The maximum Gasteiger partial charge on any atom is 0.322 e. The van der Waals surface area contributed by atoms with Crippen molar-refractivity contribution in [2.24, 2.45) is 0 Å². The van der Waals surface area contributed by atoms with Crippen LogP contribution in [0.25, 0.3) is 0 Å². The Balaban J connectivity index is 1.46. The highest BCUT2D eigenvalue weighted by atomic mass is 16.2. The predicted molar refractivity (Wildman–Crippen MR) is 108 cm³/mol. The molecule has 4 rings (SSSR count). The summed E-state index contributed by atoms with van der Waals surface area (Å²) >= 11 is 0. The summed E-state index contributed by atoms with van der Waals surface area (Å²) in [7, 11) is 0. The maximum absolute atomic E-state index is 13.1. The van der Waals surface area contributed by atoms with Gasteiger partial charge in [0.05, 0.1) is 5.41 Å². The van der Waals surface area contributed by atoms with Crippen LogP contribution in [-0.4, -0.2) is 41.9 Å². The lowest BCUT2D eigenvalue weighted by atomic mass is 9.81. The molecule has 0 aromatic heterocycles. The zero-order chi connectivity index (χ0) is 20.4. The number of nitrogens with zero attached hydrogens (tertiary/aromatic N) is 1. The molecule has 6 nitrogen and oxygen atoms in total. The van der Waals surface area contributed by atoms with Gasteiger partial charge < -0.3 is 10.2 Å². The fourth-order valence-electron chi connectivity index (χ4n) is 3.75. The van der Waals surface area contributed by atoms with Crippen LogP contribution in [0.5, 0.6) is 0 Å². The van der Waals surface area contributed by atoms with E-state index in [-0.39, 0.29) is 12.5 Å². The van der Waals surface area contributed by atoms with Crippen LogP contribution in [0, 0.1) is 11.8 Å². The second kappa shape index (κ2) is 7.44. The van der Waals surface area contributed by atoms with Gasteiger partial charge in [-0.05, 0) is 43.2 Å². The Morgan fingerprint density at radius 2 is 1.66 bits per heavy atom. The fraction of sp³-hybridized carbons (Fsp3) is 0.261. The lowest BCUT2D eigenvalue weighted by Gasteiger charge is -2.25. The van der Waals surface area contributed by atoms with Gasteiger partial charge >= 0.3 is 6.03 Å². The first-order valence-corrected chi connectivity index (χ1v) is 9.54. The molecule has 146 valence electrons. The number of hydrogen-bond donors (Lipinski definition) is 2. The molecule has 0 radical (unpaired) electrons. The molecule has 29 heavy (non-hydrogen) atoms. The molecule has 4 amide bonds.